The van der Waals surface area contributed by atoms with Gasteiger partial charge in [-0.15, -0.1) is 0 Å². The normalized spacial score (nSPS) is 12.3. The Morgan fingerprint density at radius 1 is 1.09 bits per heavy atom. The van der Waals surface area contributed by atoms with Gasteiger partial charge in [0.2, 0.25) is 0 Å². The van der Waals surface area contributed by atoms with Crippen molar-refractivity contribution in [1.82, 2.24) is 5.32 Å². The Hall–Kier alpha value is -3.40. The Balaban J connectivity index is 1.53. The first-order valence-corrected chi connectivity index (χ1v) is 11.0. The molecular formula is C27H30N2O4. The molecule has 0 aromatic heterocycles. The molecule has 0 aliphatic rings. The Morgan fingerprint density at radius 3 is 2.55 bits per heavy atom. The van der Waals surface area contributed by atoms with Crippen molar-refractivity contribution < 1.29 is 19.7 Å². The van der Waals surface area contributed by atoms with E-state index in [4.69, 9.17) is 9.84 Å². The van der Waals surface area contributed by atoms with E-state index in [9.17, 15) is 15.2 Å². The molecule has 0 aliphatic carbocycles. The molecule has 0 heterocycles. The number of hydrogen-bond donors (Lipinski definition) is 3. The SMILES string of the molecule is CC(C)(Cc1ccc2ccccc2c1)NCC(O)COc1cc(CCC(=O)O)ccc1C#N. The van der Waals surface area contributed by atoms with Gasteiger partial charge in [0.1, 0.15) is 24.5 Å². The smallest absolute Gasteiger partial charge is 0.303 e. The van der Waals surface area contributed by atoms with Gasteiger partial charge >= 0.3 is 5.97 Å². The minimum Gasteiger partial charge on any atom is -0.489 e. The van der Waals surface area contributed by atoms with E-state index in [0.717, 1.165) is 12.0 Å². The minimum atomic E-state index is -0.880. The molecule has 0 spiro atoms. The number of aliphatic carboxylic acids is 1. The molecule has 1 atom stereocenters. The predicted octanol–water partition coefficient (Wildman–Crippen LogP) is 4.08. The molecule has 0 amide bonds. The summed E-state index contributed by atoms with van der Waals surface area (Å²) in [7, 11) is 0. The summed E-state index contributed by atoms with van der Waals surface area (Å²) in [6.07, 6.45) is 0.389. The van der Waals surface area contributed by atoms with Crippen molar-refractivity contribution in [1.29, 1.82) is 5.26 Å². The molecule has 0 saturated carbocycles. The fraction of sp³-hybridized carbons (Fsp3) is 0.333. The number of ether oxygens (including phenoxy) is 1. The standard InChI is InChI=1S/C27H30N2O4/c1-27(2,15-20-8-10-21-5-3-4-6-22(21)13-20)29-17-24(30)18-33-25-14-19(9-12-26(31)32)7-11-23(25)16-28/h3-8,10-11,13-14,24,29-30H,9,12,15,17-18H2,1-2H3,(H,31,32). The van der Waals surface area contributed by atoms with E-state index in [0.29, 0.717) is 24.3 Å². The molecule has 3 rings (SSSR count). The molecular weight excluding hydrogens is 416 g/mol. The number of nitrogens with zero attached hydrogens (tertiary/aromatic N) is 1. The van der Waals surface area contributed by atoms with Crippen molar-refractivity contribution in [2.45, 2.75) is 44.8 Å². The van der Waals surface area contributed by atoms with Crippen molar-refractivity contribution in [3.8, 4) is 11.8 Å². The van der Waals surface area contributed by atoms with Gasteiger partial charge in [-0.1, -0.05) is 48.5 Å². The maximum absolute atomic E-state index is 10.8. The number of benzene rings is 3. The monoisotopic (exact) mass is 446 g/mol. The lowest BCUT2D eigenvalue weighted by atomic mass is 9.93. The molecule has 6 nitrogen and oxygen atoms in total. The first kappa shape index (κ1) is 24.2. The molecule has 33 heavy (non-hydrogen) atoms. The average molecular weight is 447 g/mol. The number of hydrogen-bond acceptors (Lipinski definition) is 5. The molecule has 3 aromatic carbocycles. The summed E-state index contributed by atoms with van der Waals surface area (Å²) in [4.78, 5) is 10.8. The number of carboxylic acid groups (broad SMARTS) is 1. The van der Waals surface area contributed by atoms with Crippen LogP contribution in [0.25, 0.3) is 10.8 Å². The van der Waals surface area contributed by atoms with Gasteiger partial charge in [0.25, 0.3) is 0 Å². The fourth-order valence-electron chi connectivity index (χ4n) is 3.75. The number of β-amino-alcohol motifs (C(OH)–C–C–N with tert-alkyl or cyclic N) is 1. The minimum absolute atomic E-state index is 0.00414. The van der Waals surface area contributed by atoms with Crippen molar-refractivity contribution in [3.05, 3.63) is 77.4 Å². The van der Waals surface area contributed by atoms with Gasteiger partial charge in [-0.25, -0.2) is 0 Å². The molecule has 3 N–H and O–H groups in total. The van der Waals surface area contributed by atoms with Crippen molar-refractivity contribution >= 4 is 16.7 Å². The van der Waals surface area contributed by atoms with Gasteiger partial charge in [-0.3, -0.25) is 4.79 Å². The fourth-order valence-corrected chi connectivity index (χ4v) is 3.75. The van der Waals surface area contributed by atoms with Crippen LogP contribution in [0.4, 0.5) is 0 Å². The zero-order valence-corrected chi connectivity index (χ0v) is 19.0. The number of rotatable bonds is 11. The number of aryl methyl sites for hydroxylation is 1. The number of fused-ring (bicyclic) bond motifs is 1. The Bertz CT molecular complexity index is 1150. The van der Waals surface area contributed by atoms with Gasteiger partial charge in [-0.05, 0) is 60.7 Å². The molecule has 0 bridgehead atoms. The predicted molar refractivity (Wildman–Crippen MR) is 128 cm³/mol. The third kappa shape index (κ3) is 7.31. The third-order valence-corrected chi connectivity index (χ3v) is 5.50. The number of carboxylic acids is 1. The highest BCUT2D eigenvalue weighted by atomic mass is 16.5. The summed E-state index contributed by atoms with van der Waals surface area (Å²) < 4.78 is 5.71. The first-order chi connectivity index (χ1) is 15.8. The molecule has 3 aromatic rings. The van der Waals surface area contributed by atoms with Crippen LogP contribution in [0.5, 0.6) is 5.75 Å². The molecule has 0 fully saturated rings. The van der Waals surface area contributed by atoms with Crippen molar-refractivity contribution in [3.63, 3.8) is 0 Å². The van der Waals surface area contributed by atoms with E-state index in [-0.39, 0.29) is 18.6 Å². The van der Waals surface area contributed by atoms with Gasteiger partial charge in [-0.2, -0.15) is 5.26 Å². The van der Waals surface area contributed by atoms with E-state index in [2.05, 4.69) is 55.6 Å². The van der Waals surface area contributed by atoms with E-state index >= 15 is 0 Å². The van der Waals surface area contributed by atoms with E-state index < -0.39 is 12.1 Å². The first-order valence-electron chi connectivity index (χ1n) is 11.0. The Labute approximate surface area is 194 Å². The van der Waals surface area contributed by atoms with Crippen LogP contribution >= 0.6 is 0 Å². The maximum Gasteiger partial charge on any atom is 0.303 e. The lowest BCUT2D eigenvalue weighted by Gasteiger charge is -2.28. The largest absolute Gasteiger partial charge is 0.489 e. The van der Waals surface area contributed by atoms with Gasteiger partial charge in [0.05, 0.1) is 5.56 Å². The second-order valence-electron chi connectivity index (χ2n) is 8.92. The summed E-state index contributed by atoms with van der Waals surface area (Å²) >= 11 is 0. The third-order valence-electron chi connectivity index (χ3n) is 5.50. The van der Waals surface area contributed by atoms with Crippen molar-refractivity contribution in [2.24, 2.45) is 0 Å². The number of carbonyl (C=O) groups is 1. The summed E-state index contributed by atoms with van der Waals surface area (Å²) in [6, 6.07) is 21.8. The second-order valence-corrected chi connectivity index (χ2v) is 8.92. The molecule has 0 radical (unpaired) electrons. The quantitative estimate of drug-likeness (QED) is 0.410. The van der Waals surface area contributed by atoms with E-state index in [1.165, 1.54) is 16.3 Å². The zero-order valence-electron chi connectivity index (χ0n) is 19.0. The van der Waals surface area contributed by atoms with Crippen LogP contribution in [0, 0.1) is 11.3 Å². The van der Waals surface area contributed by atoms with Crippen LogP contribution < -0.4 is 10.1 Å². The van der Waals surface area contributed by atoms with Gasteiger partial charge < -0.3 is 20.3 Å². The van der Waals surface area contributed by atoms with Crippen LogP contribution in [0.3, 0.4) is 0 Å². The van der Waals surface area contributed by atoms with E-state index in [1.54, 1.807) is 18.2 Å². The molecule has 6 heteroatoms. The number of nitriles is 1. The number of nitrogens with one attached hydrogen (secondary N) is 1. The highest BCUT2D eigenvalue weighted by molar-refractivity contribution is 5.83. The Kier molecular flexibility index (Phi) is 8.05. The maximum atomic E-state index is 10.8. The van der Waals surface area contributed by atoms with Crippen LogP contribution in [0.2, 0.25) is 0 Å². The summed E-state index contributed by atoms with van der Waals surface area (Å²) in [5, 5.41) is 34.4. The van der Waals surface area contributed by atoms with Crippen LogP contribution in [-0.4, -0.2) is 41.0 Å². The van der Waals surface area contributed by atoms with Crippen LogP contribution in [0.1, 0.15) is 37.0 Å². The topological polar surface area (TPSA) is 103 Å². The molecule has 0 aliphatic heterocycles. The van der Waals surface area contributed by atoms with Gasteiger partial charge in [0, 0.05) is 18.5 Å². The van der Waals surface area contributed by atoms with E-state index in [1.807, 2.05) is 12.1 Å². The number of aliphatic hydroxyl groups excluding tert-OH is 1. The summed E-state index contributed by atoms with van der Waals surface area (Å²) in [6.45, 7) is 4.54. The van der Waals surface area contributed by atoms with Gasteiger partial charge in [0.15, 0.2) is 0 Å². The van der Waals surface area contributed by atoms with Crippen molar-refractivity contribution in [2.75, 3.05) is 13.2 Å². The summed E-state index contributed by atoms with van der Waals surface area (Å²) in [5.41, 5.74) is 2.10. The molecule has 1 unspecified atom stereocenters. The Morgan fingerprint density at radius 2 is 1.82 bits per heavy atom. The number of aliphatic hydroxyl groups is 1. The van der Waals surface area contributed by atoms with Crippen LogP contribution in [0.15, 0.2) is 60.7 Å². The lowest BCUT2D eigenvalue weighted by molar-refractivity contribution is -0.136. The van der Waals surface area contributed by atoms with Crippen LogP contribution in [-0.2, 0) is 17.6 Å². The average Bonchev–Trinajstić information content (AvgIpc) is 2.79. The zero-order chi connectivity index (χ0) is 23.8. The second kappa shape index (κ2) is 11.0. The lowest BCUT2D eigenvalue weighted by Crippen LogP contribution is -2.46. The summed E-state index contributed by atoms with van der Waals surface area (Å²) in [5.74, 6) is -0.524. The highest BCUT2D eigenvalue weighted by Crippen LogP contribution is 2.22. The molecule has 172 valence electrons. The molecule has 0 saturated heterocycles. The highest BCUT2D eigenvalue weighted by Gasteiger charge is 2.20.